The molecule has 0 aliphatic heterocycles. The molecule has 2 atom stereocenters. The van der Waals surface area contributed by atoms with Gasteiger partial charge in [-0.25, -0.2) is 0 Å². The van der Waals surface area contributed by atoms with Crippen LogP contribution in [0.4, 0.5) is 0 Å². The molecule has 1 aromatic heterocycles. The predicted octanol–water partition coefficient (Wildman–Crippen LogP) is 3.93. The summed E-state index contributed by atoms with van der Waals surface area (Å²) in [7, 11) is 0. The largest absolute Gasteiger partial charge is 0.388 e. The first-order chi connectivity index (χ1) is 9.75. The SMILES string of the molecule is Cc1ccncc1C(O)CC1CCCc2ccccc21. The number of rotatable bonds is 3. The van der Waals surface area contributed by atoms with Crippen LogP contribution >= 0.6 is 0 Å². The van der Waals surface area contributed by atoms with E-state index in [2.05, 4.69) is 29.2 Å². The van der Waals surface area contributed by atoms with Crippen molar-refractivity contribution in [1.29, 1.82) is 0 Å². The minimum atomic E-state index is -0.417. The molecule has 2 heteroatoms. The van der Waals surface area contributed by atoms with Crippen molar-refractivity contribution >= 4 is 0 Å². The average molecular weight is 267 g/mol. The summed E-state index contributed by atoms with van der Waals surface area (Å²) in [6.45, 7) is 2.04. The highest BCUT2D eigenvalue weighted by atomic mass is 16.3. The van der Waals surface area contributed by atoms with Gasteiger partial charge in [0.15, 0.2) is 0 Å². The van der Waals surface area contributed by atoms with E-state index in [0.29, 0.717) is 5.92 Å². The number of aliphatic hydroxyl groups is 1. The number of aryl methyl sites for hydroxylation is 2. The summed E-state index contributed by atoms with van der Waals surface area (Å²) in [5, 5.41) is 10.5. The molecule has 2 nitrogen and oxygen atoms in total. The van der Waals surface area contributed by atoms with Gasteiger partial charge in [-0.05, 0) is 61.3 Å². The molecule has 1 heterocycles. The maximum absolute atomic E-state index is 10.5. The zero-order valence-corrected chi connectivity index (χ0v) is 11.9. The van der Waals surface area contributed by atoms with E-state index in [-0.39, 0.29) is 0 Å². The Kier molecular flexibility index (Phi) is 3.83. The molecule has 0 radical (unpaired) electrons. The molecule has 1 aromatic carbocycles. The molecule has 3 rings (SSSR count). The van der Waals surface area contributed by atoms with Gasteiger partial charge in [-0.2, -0.15) is 0 Å². The molecule has 1 aliphatic carbocycles. The van der Waals surface area contributed by atoms with E-state index < -0.39 is 6.10 Å². The van der Waals surface area contributed by atoms with Crippen LogP contribution in [0.2, 0.25) is 0 Å². The highest BCUT2D eigenvalue weighted by Gasteiger charge is 2.23. The Morgan fingerprint density at radius 3 is 3.00 bits per heavy atom. The topological polar surface area (TPSA) is 33.1 Å². The van der Waals surface area contributed by atoms with Gasteiger partial charge in [0.25, 0.3) is 0 Å². The van der Waals surface area contributed by atoms with E-state index >= 15 is 0 Å². The lowest BCUT2D eigenvalue weighted by molar-refractivity contribution is 0.153. The van der Waals surface area contributed by atoms with Gasteiger partial charge in [-0.15, -0.1) is 0 Å². The summed E-state index contributed by atoms with van der Waals surface area (Å²) in [5.74, 6) is 0.467. The zero-order chi connectivity index (χ0) is 13.9. The van der Waals surface area contributed by atoms with E-state index in [1.807, 2.05) is 13.0 Å². The second-order valence-corrected chi connectivity index (χ2v) is 5.77. The van der Waals surface area contributed by atoms with Crippen LogP contribution in [0, 0.1) is 6.92 Å². The molecule has 0 spiro atoms. The van der Waals surface area contributed by atoms with Crippen LogP contribution in [0.15, 0.2) is 42.7 Å². The minimum absolute atomic E-state index is 0.417. The van der Waals surface area contributed by atoms with Crippen molar-refractivity contribution in [2.45, 2.75) is 44.6 Å². The molecular formula is C18H21NO. The maximum atomic E-state index is 10.5. The van der Waals surface area contributed by atoms with E-state index in [1.54, 1.807) is 12.4 Å². The zero-order valence-electron chi connectivity index (χ0n) is 11.9. The summed E-state index contributed by atoms with van der Waals surface area (Å²) >= 11 is 0. The first-order valence-electron chi connectivity index (χ1n) is 7.42. The third-order valence-corrected chi connectivity index (χ3v) is 4.44. The number of aliphatic hydroxyl groups excluding tert-OH is 1. The van der Waals surface area contributed by atoms with Crippen LogP contribution in [0.5, 0.6) is 0 Å². The third kappa shape index (κ3) is 2.61. The maximum Gasteiger partial charge on any atom is 0.0813 e. The van der Waals surface area contributed by atoms with Gasteiger partial charge in [0.2, 0.25) is 0 Å². The van der Waals surface area contributed by atoms with Crippen LogP contribution in [0.3, 0.4) is 0 Å². The fourth-order valence-electron chi connectivity index (χ4n) is 3.32. The molecule has 0 saturated heterocycles. The lowest BCUT2D eigenvalue weighted by Gasteiger charge is -2.27. The number of pyridine rings is 1. The normalized spacial score (nSPS) is 19.4. The van der Waals surface area contributed by atoms with Crippen molar-refractivity contribution in [3.8, 4) is 0 Å². The average Bonchev–Trinajstić information content (AvgIpc) is 2.48. The Labute approximate surface area is 120 Å². The van der Waals surface area contributed by atoms with Crippen LogP contribution in [-0.2, 0) is 6.42 Å². The van der Waals surface area contributed by atoms with Crippen LogP contribution < -0.4 is 0 Å². The highest BCUT2D eigenvalue weighted by molar-refractivity contribution is 5.33. The molecule has 1 aliphatic rings. The highest BCUT2D eigenvalue weighted by Crippen LogP contribution is 2.37. The van der Waals surface area contributed by atoms with Crippen LogP contribution in [-0.4, -0.2) is 10.1 Å². The van der Waals surface area contributed by atoms with E-state index in [0.717, 1.165) is 17.5 Å². The Morgan fingerprint density at radius 1 is 1.30 bits per heavy atom. The van der Waals surface area contributed by atoms with Crippen molar-refractivity contribution in [3.63, 3.8) is 0 Å². The van der Waals surface area contributed by atoms with Crippen LogP contribution in [0.1, 0.15) is 53.5 Å². The van der Waals surface area contributed by atoms with Crippen LogP contribution in [0.25, 0.3) is 0 Å². The number of fused-ring (bicyclic) bond motifs is 1. The first-order valence-corrected chi connectivity index (χ1v) is 7.42. The number of nitrogens with zero attached hydrogens (tertiary/aromatic N) is 1. The molecule has 0 saturated carbocycles. The van der Waals surface area contributed by atoms with E-state index in [1.165, 1.54) is 30.4 Å². The number of benzene rings is 1. The standard InChI is InChI=1S/C18H21NO/c1-13-9-10-19-12-17(13)18(20)11-15-7-4-6-14-5-2-3-8-16(14)15/h2-3,5,8-10,12,15,18,20H,4,6-7,11H2,1H3. The molecule has 1 N–H and O–H groups in total. The Morgan fingerprint density at radius 2 is 2.15 bits per heavy atom. The molecule has 2 aromatic rings. The summed E-state index contributed by atoms with van der Waals surface area (Å²) in [4.78, 5) is 4.14. The monoisotopic (exact) mass is 267 g/mol. The van der Waals surface area contributed by atoms with Gasteiger partial charge in [-0.1, -0.05) is 24.3 Å². The molecule has 2 unspecified atom stereocenters. The molecule has 0 fully saturated rings. The van der Waals surface area contributed by atoms with Gasteiger partial charge in [0.1, 0.15) is 0 Å². The second kappa shape index (κ2) is 5.76. The van der Waals surface area contributed by atoms with E-state index in [4.69, 9.17) is 0 Å². The predicted molar refractivity (Wildman–Crippen MR) is 80.7 cm³/mol. The summed E-state index contributed by atoms with van der Waals surface area (Å²) < 4.78 is 0. The van der Waals surface area contributed by atoms with Crippen molar-refractivity contribution < 1.29 is 5.11 Å². The Balaban J connectivity index is 1.81. The summed E-state index contributed by atoms with van der Waals surface area (Å²) in [5.41, 5.74) is 4.98. The van der Waals surface area contributed by atoms with Crippen molar-refractivity contribution in [3.05, 3.63) is 65.0 Å². The van der Waals surface area contributed by atoms with Crippen molar-refractivity contribution in [2.75, 3.05) is 0 Å². The van der Waals surface area contributed by atoms with Gasteiger partial charge in [-0.3, -0.25) is 4.98 Å². The quantitative estimate of drug-likeness (QED) is 0.914. The van der Waals surface area contributed by atoms with E-state index in [9.17, 15) is 5.11 Å². The molecule has 0 amide bonds. The fourth-order valence-corrected chi connectivity index (χ4v) is 3.32. The second-order valence-electron chi connectivity index (χ2n) is 5.77. The first kappa shape index (κ1) is 13.3. The number of hydrogen-bond donors (Lipinski definition) is 1. The van der Waals surface area contributed by atoms with Gasteiger partial charge < -0.3 is 5.11 Å². The van der Waals surface area contributed by atoms with Crippen molar-refractivity contribution in [2.24, 2.45) is 0 Å². The molecule has 0 bridgehead atoms. The number of hydrogen-bond acceptors (Lipinski definition) is 2. The smallest absolute Gasteiger partial charge is 0.0813 e. The fraction of sp³-hybridized carbons (Fsp3) is 0.389. The lowest BCUT2D eigenvalue weighted by Crippen LogP contribution is -2.13. The molecule has 20 heavy (non-hydrogen) atoms. The van der Waals surface area contributed by atoms with Gasteiger partial charge >= 0.3 is 0 Å². The molecular weight excluding hydrogens is 246 g/mol. The minimum Gasteiger partial charge on any atom is -0.388 e. The Hall–Kier alpha value is -1.67. The Bertz CT molecular complexity index is 593. The lowest BCUT2D eigenvalue weighted by atomic mass is 9.79. The van der Waals surface area contributed by atoms with Gasteiger partial charge in [0.05, 0.1) is 6.10 Å². The summed E-state index contributed by atoms with van der Waals surface area (Å²) in [6, 6.07) is 10.6. The third-order valence-electron chi connectivity index (χ3n) is 4.44. The van der Waals surface area contributed by atoms with Gasteiger partial charge in [0, 0.05) is 18.0 Å². The van der Waals surface area contributed by atoms with Crippen molar-refractivity contribution in [1.82, 2.24) is 4.98 Å². The molecule has 104 valence electrons. The number of aromatic nitrogens is 1. The summed E-state index contributed by atoms with van der Waals surface area (Å²) in [6.07, 6.45) is 7.53.